The highest BCUT2D eigenvalue weighted by molar-refractivity contribution is 7.92. The zero-order chi connectivity index (χ0) is 14.0. The quantitative estimate of drug-likeness (QED) is 0.884. The van der Waals surface area contributed by atoms with Gasteiger partial charge in [-0.2, -0.15) is 13.2 Å². The number of hydrogen-bond donors (Lipinski definition) is 2. The summed E-state index contributed by atoms with van der Waals surface area (Å²) in [5, 5.41) is 11.5. The van der Waals surface area contributed by atoms with Gasteiger partial charge >= 0.3 is 5.51 Å². The van der Waals surface area contributed by atoms with Crippen LogP contribution in [0, 0.1) is 0 Å². The summed E-state index contributed by atoms with van der Waals surface area (Å²) in [6.45, 7) is 1.37. The number of sulfone groups is 1. The average Bonchev–Trinajstić information content (AvgIpc) is 2.25. The standard InChI is InChI=1S/C10H12F3NO3S/c1-7(15)6-14-8-4-2-3-5-9(8)18(16,17)10(11,12)13/h2-5,7,14-15H,6H2,1H3/t7-/m1/s1. The molecule has 8 heteroatoms. The van der Waals surface area contributed by atoms with Gasteiger partial charge in [-0.3, -0.25) is 0 Å². The second kappa shape index (κ2) is 5.15. The SMILES string of the molecule is C[C@@H](O)CNc1ccccc1S(=O)(=O)C(F)(F)F. The van der Waals surface area contributed by atoms with Crippen LogP contribution in [-0.2, 0) is 9.84 Å². The number of para-hydroxylation sites is 1. The van der Waals surface area contributed by atoms with Gasteiger partial charge in [0.15, 0.2) is 0 Å². The van der Waals surface area contributed by atoms with Crippen LogP contribution >= 0.6 is 0 Å². The van der Waals surface area contributed by atoms with E-state index in [0.29, 0.717) is 0 Å². The van der Waals surface area contributed by atoms with Gasteiger partial charge < -0.3 is 10.4 Å². The summed E-state index contributed by atoms with van der Waals surface area (Å²) in [6, 6.07) is 4.68. The number of alkyl halides is 3. The molecule has 1 atom stereocenters. The number of aliphatic hydroxyl groups is 1. The van der Waals surface area contributed by atoms with Crippen molar-refractivity contribution in [3.05, 3.63) is 24.3 Å². The molecule has 0 radical (unpaired) electrons. The van der Waals surface area contributed by atoms with Gasteiger partial charge in [-0.25, -0.2) is 8.42 Å². The molecule has 0 aliphatic carbocycles. The lowest BCUT2D eigenvalue weighted by Crippen LogP contribution is -2.25. The van der Waals surface area contributed by atoms with E-state index in [9.17, 15) is 21.6 Å². The van der Waals surface area contributed by atoms with E-state index in [1.807, 2.05) is 0 Å². The lowest BCUT2D eigenvalue weighted by atomic mass is 10.3. The number of hydrogen-bond acceptors (Lipinski definition) is 4. The fraction of sp³-hybridized carbons (Fsp3) is 0.400. The molecule has 0 aliphatic heterocycles. The van der Waals surface area contributed by atoms with Gasteiger partial charge in [0.25, 0.3) is 9.84 Å². The van der Waals surface area contributed by atoms with Crippen LogP contribution in [-0.4, -0.2) is 31.7 Å². The highest BCUT2D eigenvalue weighted by Crippen LogP contribution is 2.34. The number of nitrogens with one attached hydrogen (secondary N) is 1. The monoisotopic (exact) mass is 283 g/mol. The third-order valence-electron chi connectivity index (χ3n) is 2.07. The Morgan fingerprint density at radius 2 is 1.89 bits per heavy atom. The Morgan fingerprint density at radius 3 is 2.39 bits per heavy atom. The van der Waals surface area contributed by atoms with Crippen LogP contribution in [0.4, 0.5) is 18.9 Å². The van der Waals surface area contributed by atoms with E-state index in [0.717, 1.165) is 6.07 Å². The number of rotatable bonds is 4. The fourth-order valence-electron chi connectivity index (χ4n) is 1.23. The molecule has 0 spiro atoms. The van der Waals surface area contributed by atoms with Crippen molar-refractivity contribution in [3.63, 3.8) is 0 Å². The molecule has 1 rings (SSSR count). The number of anilines is 1. The van der Waals surface area contributed by atoms with Crippen molar-refractivity contribution in [1.29, 1.82) is 0 Å². The predicted octanol–water partition coefficient (Wildman–Crippen LogP) is 1.77. The van der Waals surface area contributed by atoms with Crippen molar-refractivity contribution in [1.82, 2.24) is 0 Å². The zero-order valence-electron chi connectivity index (χ0n) is 9.40. The smallest absolute Gasteiger partial charge is 0.392 e. The van der Waals surface area contributed by atoms with Crippen LogP contribution in [0.5, 0.6) is 0 Å². The third-order valence-corrected chi connectivity index (χ3v) is 3.61. The first-order valence-electron chi connectivity index (χ1n) is 4.98. The van der Waals surface area contributed by atoms with Gasteiger partial charge in [0.05, 0.1) is 16.7 Å². The summed E-state index contributed by atoms with van der Waals surface area (Å²) < 4.78 is 59.9. The van der Waals surface area contributed by atoms with Crippen LogP contribution in [0.2, 0.25) is 0 Å². The Morgan fingerprint density at radius 1 is 1.33 bits per heavy atom. The van der Waals surface area contributed by atoms with Crippen molar-refractivity contribution in [2.45, 2.75) is 23.4 Å². The van der Waals surface area contributed by atoms with Crippen molar-refractivity contribution in [3.8, 4) is 0 Å². The van der Waals surface area contributed by atoms with E-state index in [1.165, 1.54) is 25.1 Å². The lowest BCUT2D eigenvalue weighted by molar-refractivity contribution is -0.0435. The van der Waals surface area contributed by atoms with Crippen LogP contribution in [0.3, 0.4) is 0 Å². The van der Waals surface area contributed by atoms with Gasteiger partial charge in [0.1, 0.15) is 0 Å². The Balaban J connectivity index is 3.18. The van der Waals surface area contributed by atoms with Crippen molar-refractivity contribution in [2.24, 2.45) is 0 Å². The second-order valence-corrected chi connectivity index (χ2v) is 5.58. The normalized spacial score (nSPS) is 14.3. The van der Waals surface area contributed by atoms with Crippen LogP contribution < -0.4 is 5.32 Å². The highest BCUT2D eigenvalue weighted by atomic mass is 32.2. The molecule has 0 heterocycles. The molecule has 0 aliphatic rings. The molecule has 1 aromatic rings. The van der Waals surface area contributed by atoms with Crippen LogP contribution in [0.15, 0.2) is 29.2 Å². The minimum atomic E-state index is -5.40. The van der Waals surface area contributed by atoms with Gasteiger partial charge in [-0.1, -0.05) is 12.1 Å². The van der Waals surface area contributed by atoms with Gasteiger partial charge in [0.2, 0.25) is 0 Å². The first-order valence-corrected chi connectivity index (χ1v) is 6.47. The summed E-state index contributed by atoms with van der Waals surface area (Å²) in [6.07, 6.45) is -0.813. The van der Waals surface area contributed by atoms with E-state index in [4.69, 9.17) is 5.11 Å². The molecule has 18 heavy (non-hydrogen) atoms. The Bertz CT molecular complexity index is 511. The lowest BCUT2D eigenvalue weighted by Gasteiger charge is -2.14. The van der Waals surface area contributed by atoms with Crippen LogP contribution in [0.25, 0.3) is 0 Å². The summed E-state index contributed by atoms with van der Waals surface area (Å²) in [7, 11) is -5.40. The Kier molecular flexibility index (Phi) is 4.23. The molecule has 1 aromatic carbocycles. The molecule has 0 aromatic heterocycles. The fourth-order valence-corrected chi connectivity index (χ4v) is 2.17. The maximum Gasteiger partial charge on any atom is 0.501 e. The maximum absolute atomic E-state index is 12.4. The van der Waals surface area contributed by atoms with Crippen LogP contribution in [0.1, 0.15) is 6.92 Å². The minimum absolute atomic E-state index is 0.0512. The van der Waals surface area contributed by atoms with Gasteiger partial charge in [0, 0.05) is 6.54 Å². The van der Waals surface area contributed by atoms with E-state index >= 15 is 0 Å². The largest absolute Gasteiger partial charge is 0.501 e. The topological polar surface area (TPSA) is 66.4 Å². The maximum atomic E-state index is 12.4. The van der Waals surface area contributed by atoms with E-state index < -0.39 is 26.3 Å². The first kappa shape index (κ1) is 14.8. The molecule has 0 saturated heterocycles. The molecule has 2 N–H and O–H groups in total. The predicted molar refractivity (Wildman–Crippen MR) is 59.9 cm³/mol. The molecule has 0 amide bonds. The number of aliphatic hydroxyl groups excluding tert-OH is 1. The average molecular weight is 283 g/mol. The van der Waals surface area contributed by atoms with Gasteiger partial charge in [-0.05, 0) is 19.1 Å². The van der Waals surface area contributed by atoms with Crippen molar-refractivity contribution >= 4 is 15.5 Å². The molecular formula is C10H12F3NO3S. The van der Waals surface area contributed by atoms with E-state index in [-0.39, 0.29) is 12.2 Å². The Hall–Kier alpha value is -1.28. The van der Waals surface area contributed by atoms with Crippen molar-refractivity contribution < 1.29 is 26.7 Å². The molecule has 102 valence electrons. The van der Waals surface area contributed by atoms with E-state index in [2.05, 4.69) is 5.32 Å². The minimum Gasteiger partial charge on any atom is -0.392 e. The molecule has 4 nitrogen and oxygen atoms in total. The summed E-state index contributed by atoms with van der Waals surface area (Å²) in [5.74, 6) is 0. The number of benzene rings is 1. The molecule has 0 fully saturated rings. The van der Waals surface area contributed by atoms with Crippen molar-refractivity contribution in [2.75, 3.05) is 11.9 Å². The third kappa shape index (κ3) is 3.14. The summed E-state index contributed by atoms with van der Waals surface area (Å²) in [5.41, 5.74) is -5.54. The molecule has 0 unspecified atom stereocenters. The highest BCUT2D eigenvalue weighted by Gasteiger charge is 2.47. The van der Waals surface area contributed by atoms with E-state index in [1.54, 1.807) is 0 Å². The molecule has 0 saturated carbocycles. The first-order chi connectivity index (χ1) is 8.16. The second-order valence-electron chi connectivity index (χ2n) is 3.68. The summed E-state index contributed by atoms with van der Waals surface area (Å²) in [4.78, 5) is -0.849. The summed E-state index contributed by atoms with van der Waals surface area (Å²) >= 11 is 0. The molecule has 0 bridgehead atoms. The zero-order valence-corrected chi connectivity index (χ0v) is 10.2. The molecular weight excluding hydrogens is 271 g/mol. The van der Waals surface area contributed by atoms with Gasteiger partial charge in [-0.15, -0.1) is 0 Å². The number of halogens is 3. The Labute approximate surface area is 102 Å².